The van der Waals surface area contributed by atoms with E-state index in [-0.39, 0.29) is 40.0 Å². The van der Waals surface area contributed by atoms with Gasteiger partial charge < -0.3 is 25.9 Å². The minimum Gasteiger partial charge on any atom is -0.478 e. The lowest BCUT2D eigenvalue weighted by atomic mass is 9.99. The SMILES string of the molecule is CCC(C)Nc1c(C(=O)O)cc(F)c(C(=N)CC(C)NC(=O)OC(C)(C)C)c1Cl. The molecule has 0 radical (unpaired) electrons. The first-order valence-corrected chi connectivity index (χ1v) is 9.73. The average molecular weight is 430 g/mol. The quantitative estimate of drug-likeness (QED) is 0.431. The fourth-order valence-corrected chi connectivity index (χ4v) is 2.88. The third-order valence-electron chi connectivity index (χ3n) is 4.03. The van der Waals surface area contributed by atoms with Crippen molar-refractivity contribution in [3.63, 3.8) is 0 Å². The summed E-state index contributed by atoms with van der Waals surface area (Å²) in [6.07, 6.45) is 0.0197. The third kappa shape index (κ3) is 7.20. The van der Waals surface area contributed by atoms with Crippen LogP contribution in [-0.4, -0.2) is 40.6 Å². The molecule has 0 aliphatic rings. The number of benzene rings is 1. The van der Waals surface area contributed by atoms with Gasteiger partial charge in [-0.2, -0.15) is 0 Å². The van der Waals surface area contributed by atoms with E-state index in [4.69, 9.17) is 21.7 Å². The van der Waals surface area contributed by atoms with Crippen molar-refractivity contribution < 1.29 is 23.8 Å². The second-order valence-electron chi connectivity index (χ2n) is 7.96. The summed E-state index contributed by atoms with van der Waals surface area (Å²) in [7, 11) is 0. The van der Waals surface area contributed by atoms with Crippen LogP contribution < -0.4 is 10.6 Å². The molecule has 0 bridgehead atoms. The molecule has 2 unspecified atom stereocenters. The summed E-state index contributed by atoms with van der Waals surface area (Å²) >= 11 is 6.32. The molecule has 2 atom stereocenters. The highest BCUT2D eigenvalue weighted by Crippen LogP contribution is 2.34. The van der Waals surface area contributed by atoms with E-state index in [0.29, 0.717) is 6.42 Å². The fourth-order valence-electron chi connectivity index (χ4n) is 2.52. The Morgan fingerprint density at radius 3 is 2.38 bits per heavy atom. The molecule has 7 nitrogen and oxygen atoms in total. The molecule has 0 saturated heterocycles. The summed E-state index contributed by atoms with van der Waals surface area (Å²) in [6.45, 7) is 10.6. The first-order chi connectivity index (χ1) is 13.3. The zero-order valence-electron chi connectivity index (χ0n) is 17.6. The van der Waals surface area contributed by atoms with Gasteiger partial charge in [0.1, 0.15) is 11.4 Å². The van der Waals surface area contributed by atoms with Gasteiger partial charge in [0.15, 0.2) is 0 Å². The van der Waals surface area contributed by atoms with Gasteiger partial charge >= 0.3 is 12.1 Å². The summed E-state index contributed by atoms with van der Waals surface area (Å²) in [6, 6.07) is 0.221. The molecule has 1 aromatic carbocycles. The number of hydrogen-bond donors (Lipinski definition) is 4. The monoisotopic (exact) mass is 429 g/mol. The standard InChI is InChI=1S/C20H29ClFN3O4/c1-7-10(2)24-17-12(18(26)27)9-13(22)15(16(17)21)14(23)8-11(3)25-19(28)29-20(4,5)6/h9-11,23-24H,7-8H2,1-6H3,(H,25,28)(H,26,27). The highest BCUT2D eigenvalue weighted by atomic mass is 35.5. The number of carboxylic acids is 1. The highest BCUT2D eigenvalue weighted by Gasteiger charge is 2.25. The van der Waals surface area contributed by atoms with E-state index >= 15 is 0 Å². The Morgan fingerprint density at radius 1 is 1.31 bits per heavy atom. The molecular formula is C20H29ClFN3O4. The van der Waals surface area contributed by atoms with Crippen molar-refractivity contribution in [2.24, 2.45) is 0 Å². The molecule has 4 N–H and O–H groups in total. The maximum absolute atomic E-state index is 14.6. The van der Waals surface area contributed by atoms with E-state index in [0.717, 1.165) is 6.07 Å². The van der Waals surface area contributed by atoms with Crippen LogP contribution in [0.3, 0.4) is 0 Å². The molecule has 0 fully saturated rings. The molecule has 9 heteroatoms. The Labute approximate surface area is 175 Å². The molecule has 0 saturated carbocycles. The predicted octanol–water partition coefficient (Wildman–Crippen LogP) is 5.06. The number of ether oxygens (including phenoxy) is 1. The highest BCUT2D eigenvalue weighted by molar-refractivity contribution is 6.37. The first-order valence-electron chi connectivity index (χ1n) is 9.35. The molecule has 1 amide bonds. The fraction of sp³-hybridized carbons (Fsp3) is 0.550. The van der Waals surface area contributed by atoms with E-state index in [1.165, 1.54) is 0 Å². The largest absolute Gasteiger partial charge is 0.478 e. The molecule has 0 spiro atoms. The topological polar surface area (TPSA) is 112 Å². The van der Waals surface area contributed by atoms with E-state index in [9.17, 15) is 19.1 Å². The first kappa shape index (κ1) is 24.7. The molecule has 0 aromatic heterocycles. The molecule has 29 heavy (non-hydrogen) atoms. The number of halogens is 2. The minimum atomic E-state index is -1.32. The molecule has 0 heterocycles. The smallest absolute Gasteiger partial charge is 0.407 e. The Bertz CT molecular complexity index is 793. The van der Waals surface area contributed by atoms with Gasteiger partial charge in [0.05, 0.1) is 21.8 Å². The zero-order chi connectivity index (χ0) is 22.5. The predicted molar refractivity (Wildman–Crippen MR) is 112 cm³/mol. The molecule has 1 aromatic rings. The van der Waals surface area contributed by atoms with E-state index < -0.39 is 29.5 Å². The van der Waals surface area contributed by atoms with E-state index in [1.807, 2.05) is 13.8 Å². The van der Waals surface area contributed by atoms with E-state index in [1.54, 1.807) is 27.7 Å². The molecular weight excluding hydrogens is 401 g/mol. The number of carbonyl (C=O) groups is 2. The summed E-state index contributed by atoms with van der Waals surface area (Å²) in [5, 5.41) is 23.1. The van der Waals surface area contributed by atoms with Gasteiger partial charge in [-0.25, -0.2) is 14.0 Å². The van der Waals surface area contributed by atoms with Gasteiger partial charge in [0, 0.05) is 24.2 Å². The number of nitrogens with one attached hydrogen (secondary N) is 3. The van der Waals surface area contributed by atoms with Gasteiger partial charge in [-0.15, -0.1) is 0 Å². The zero-order valence-corrected chi connectivity index (χ0v) is 18.3. The number of carbonyl (C=O) groups excluding carboxylic acids is 1. The number of carboxylic acid groups (broad SMARTS) is 1. The van der Waals surface area contributed by atoms with Crippen molar-refractivity contribution >= 4 is 35.1 Å². The normalized spacial score (nSPS) is 13.4. The second-order valence-corrected chi connectivity index (χ2v) is 8.34. The number of amides is 1. The van der Waals surface area contributed by atoms with Gasteiger partial charge in [-0.1, -0.05) is 18.5 Å². The number of aromatic carboxylic acids is 1. The van der Waals surface area contributed by atoms with Crippen LogP contribution in [0.1, 0.15) is 70.3 Å². The van der Waals surface area contributed by atoms with Gasteiger partial charge in [-0.05, 0) is 47.1 Å². The van der Waals surface area contributed by atoms with Crippen LogP contribution in [0.15, 0.2) is 6.07 Å². The maximum Gasteiger partial charge on any atom is 0.407 e. The number of hydrogen-bond acceptors (Lipinski definition) is 5. The Morgan fingerprint density at radius 2 is 1.90 bits per heavy atom. The average Bonchev–Trinajstić information content (AvgIpc) is 2.54. The van der Waals surface area contributed by atoms with Crippen LogP contribution in [0.5, 0.6) is 0 Å². The van der Waals surface area contributed by atoms with Crippen LogP contribution >= 0.6 is 11.6 Å². The number of alkyl carbamates (subject to hydrolysis) is 1. The van der Waals surface area contributed by atoms with Crippen molar-refractivity contribution in [2.45, 2.75) is 72.1 Å². The van der Waals surface area contributed by atoms with Crippen molar-refractivity contribution in [1.82, 2.24) is 5.32 Å². The summed E-state index contributed by atoms with van der Waals surface area (Å²) < 4.78 is 19.8. The Kier molecular flexibility index (Phi) is 8.44. The van der Waals surface area contributed by atoms with Crippen molar-refractivity contribution in [2.75, 3.05) is 5.32 Å². The van der Waals surface area contributed by atoms with Crippen LogP contribution in [0.4, 0.5) is 14.9 Å². The van der Waals surface area contributed by atoms with Crippen LogP contribution in [0, 0.1) is 11.2 Å². The molecule has 0 aliphatic carbocycles. The van der Waals surface area contributed by atoms with Gasteiger partial charge in [-0.3, -0.25) is 0 Å². The molecule has 1 rings (SSSR count). The number of rotatable bonds is 8. The van der Waals surface area contributed by atoms with Crippen molar-refractivity contribution in [1.29, 1.82) is 5.41 Å². The Hall–Kier alpha value is -2.35. The lowest BCUT2D eigenvalue weighted by Gasteiger charge is -2.23. The Balaban J connectivity index is 3.13. The number of anilines is 1. The maximum atomic E-state index is 14.6. The lowest BCUT2D eigenvalue weighted by Crippen LogP contribution is -2.38. The summed E-state index contributed by atoms with van der Waals surface area (Å²) in [5.74, 6) is -2.23. The third-order valence-corrected chi connectivity index (χ3v) is 4.40. The van der Waals surface area contributed by atoms with Crippen LogP contribution in [0.2, 0.25) is 5.02 Å². The second kappa shape index (κ2) is 9.91. The lowest BCUT2D eigenvalue weighted by molar-refractivity contribution is 0.0509. The van der Waals surface area contributed by atoms with E-state index in [2.05, 4.69) is 10.6 Å². The van der Waals surface area contributed by atoms with Gasteiger partial charge in [0.25, 0.3) is 0 Å². The summed E-state index contributed by atoms with van der Waals surface area (Å²) in [5.41, 5.74) is -1.26. The van der Waals surface area contributed by atoms with Crippen molar-refractivity contribution in [3.8, 4) is 0 Å². The minimum absolute atomic E-state index is 0.0227. The molecule has 162 valence electrons. The van der Waals surface area contributed by atoms with Gasteiger partial charge in [0.2, 0.25) is 0 Å². The van der Waals surface area contributed by atoms with Crippen LogP contribution in [0.25, 0.3) is 0 Å². The summed E-state index contributed by atoms with van der Waals surface area (Å²) in [4.78, 5) is 23.4. The van der Waals surface area contributed by atoms with Crippen LogP contribution in [-0.2, 0) is 4.74 Å². The van der Waals surface area contributed by atoms with Crippen molar-refractivity contribution in [3.05, 3.63) is 28.0 Å². The molecule has 0 aliphatic heterocycles.